The van der Waals surface area contributed by atoms with Crippen molar-refractivity contribution < 1.29 is 13.6 Å². The van der Waals surface area contributed by atoms with Gasteiger partial charge in [-0.15, -0.1) is 0 Å². The molecule has 0 spiro atoms. The molecule has 36 heavy (non-hydrogen) atoms. The predicted molar refractivity (Wildman–Crippen MR) is 139 cm³/mol. The molecule has 0 aliphatic heterocycles. The van der Waals surface area contributed by atoms with Gasteiger partial charge in [-0.2, -0.15) is 0 Å². The van der Waals surface area contributed by atoms with Crippen LogP contribution in [-0.2, 0) is 6.42 Å². The molecule has 1 aliphatic carbocycles. The molecular weight excluding hydrogens is 458 g/mol. The first kappa shape index (κ1) is 25.2. The number of pyridine rings is 1. The Morgan fingerprint density at radius 1 is 0.972 bits per heavy atom. The van der Waals surface area contributed by atoms with Gasteiger partial charge >= 0.3 is 0 Å². The third-order valence-electron chi connectivity index (χ3n) is 6.62. The fourth-order valence-electron chi connectivity index (χ4n) is 4.54. The summed E-state index contributed by atoms with van der Waals surface area (Å²) in [6, 6.07) is 15.5. The first-order chi connectivity index (χ1) is 17.3. The quantitative estimate of drug-likeness (QED) is 0.335. The zero-order chi connectivity index (χ0) is 26.0. The number of halogens is 2. The van der Waals surface area contributed by atoms with Gasteiger partial charge in [0.25, 0.3) is 0 Å². The van der Waals surface area contributed by atoms with Crippen LogP contribution in [0.5, 0.6) is 0 Å². The maximum Gasteiger partial charge on any atom is 0.165 e. The maximum atomic E-state index is 14.1. The summed E-state index contributed by atoms with van der Waals surface area (Å²) in [6.07, 6.45) is 2.02. The van der Waals surface area contributed by atoms with Crippen LogP contribution in [0.25, 0.3) is 28.5 Å². The van der Waals surface area contributed by atoms with Gasteiger partial charge in [0.05, 0.1) is 11.4 Å². The molecule has 1 atom stereocenters. The third kappa shape index (κ3) is 4.65. The average molecular weight is 489 g/mol. The van der Waals surface area contributed by atoms with Gasteiger partial charge in [-0.3, -0.25) is 9.36 Å². The number of fused-ring (bicyclic) bond motifs is 1. The van der Waals surface area contributed by atoms with Crippen LogP contribution in [0.1, 0.15) is 56.6 Å². The molecule has 0 fully saturated rings. The van der Waals surface area contributed by atoms with Crippen LogP contribution in [0, 0.1) is 17.0 Å². The van der Waals surface area contributed by atoms with E-state index in [9.17, 15) is 13.6 Å². The van der Waals surface area contributed by atoms with Crippen molar-refractivity contribution in [3.05, 3.63) is 83.6 Å². The second kappa shape index (κ2) is 10.0. The van der Waals surface area contributed by atoms with E-state index in [1.165, 1.54) is 24.3 Å². The molecule has 0 radical (unpaired) electrons. The van der Waals surface area contributed by atoms with Crippen LogP contribution in [0.4, 0.5) is 14.6 Å². The van der Waals surface area contributed by atoms with E-state index in [0.717, 1.165) is 12.1 Å². The molecule has 7 heteroatoms. The van der Waals surface area contributed by atoms with Crippen LogP contribution in [0.15, 0.2) is 60.7 Å². The number of benzene rings is 2. The first-order valence-electron chi connectivity index (χ1n) is 12.2. The number of carbonyl (C=O) groups excluding carboxylic acids is 1. The fourth-order valence-corrected chi connectivity index (χ4v) is 4.54. The van der Waals surface area contributed by atoms with Crippen LogP contribution in [-0.4, -0.2) is 20.3 Å². The van der Waals surface area contributed by atoms with Crippen molar-refractivity contribution >= 4 is 11.6 Å². The summed E-state index contributed by atoms with van der Waals surface area (Å²) in [7, 11) is 0. The number of carbonyl (C=O) groups is 1. The number of Topliss-reactive ketones (excluding diaryl/α,β-unsaturated/α-hetero) is 1. The molecule has 1 aliphatic rings. The average Bonchev–Trinajstić information content (AvgIpc) is 3.22. The molecule has 2 N–H and O–H groups in total. The van der Waals surface area contributed by atoms with E-state index in [2.05, 4.69) is 13.8 Å². The second-order valence-corrected chi connectivity index (χ2v) is 9.13. The maximum absolute atomic E-state index is 14.1. The number of anilines is 1. The Kier molecular flexibility index (Phi) is 7.02. The zero-order valence-corrected chi connectivity index (χ0v) is 21.0. The molecule has 2 heterocycles. The van der Waals surface area contributed by atoms with Crippen molar-refractivity contribution in [2.75, 3.05) is 5.73 Å². The number of aromatic nitrogens is 3. The Morgan fingerprint density at radius 2 is 1.67 bits per heavy atom. The van der Waals surface area contributed by atoms with Gasteiger partial charge < -0.3 is 5.73 Å². The lowest BCUT2D eigenvalue weighted by Crippen LogP contribution is -2.30. The van der Waals surface area contributed by atoms with Gasteiger partial charge in [-0.1, -0.05) is 45.9 Å². The van der Waals surface area contributed by atoms with Crippen LogP contribution >= 0.6 is 0 Å². The number of nitrogens with two attached hydrogens (primary N) is 1. The second-order valence-electron chi connectivity index (χ2n) is 9.13. The number of rotatable bonds is 4. The van der Waals surface area contributed by atoms with Gasteiger partial charge in [0.2, 0.25) is 0 Å². The summed E-state index contributed by atoms with van der Waals surface area (Å²) < 4.78 is 29.7. The lowest BCUT2D eigenvalue weighted by atomic mass is 9.72. The molecule has 186 valence electrons. The Balaban J connectivity index is 0.00000148. The Labute approximate surface area is 210 Å². The Bertz CT molecular complexity index is 1430. The number of nitrogens with zero attached hydrogens (tertiary/aromatic N) is 3. The van der Waals surface area contributed by atoms with E-state index in [1.807, 2.05) is 13.8 Å². The van der Waals surface area contributed by atoms with Crippen molar-refractivity contribution in [3.8, 4) is 28.5 Å². The highest BCUT2D eigenvalue weighted by Crippen LogP contribution is 2.39. The summed E-state index contributed by atoms with van der Waals surface area (Å²) >= 11 is 0. The smallest absolute Gasteiger partial charge is 0.165 e. The largest absolute Gasteiger partial charge is 0.383 e. The van der Waals surface area contributed by atoms with Crippen molar-refractivity contribution in [2.45, 2.75) is 47.0 Å². The molecule has 0 bridgehead atoms. The van der Waals surface area contributed by atoms with Gasteiger partial charge in [-0.05, 0) is 60.7 Å². The van der Waals surface area contributed by atoms with E-state index >= 15 is 0 Å². The number of hydrogen-bond acceptors (Lipinski definition) is 4. The number of ketones is 1. The Hall–Kier alpha value is -3.87. The van der Waals surface area contributed by atoms with Gasteiger partial charge in [0.1, 0.15) is 28.8 Å². The summed E-state index contributed by atoms with van der Waals surface area (Å²) in [5, 5.41) is 0. The number of nitrogen functional groups attached to an aromatic ring is 1. The molecule has 0 saturated heterocycles. The number of imidazole rings is 1. The normalized spacial score (nSPS) is 16.8. The molecule has 5 rings (SSSR count). The third-order valence-corrected chi connectivity index (χ3v) is 6.62. The first-order valence-corrected chi connectivity index (χ1v) is 12.2. The minimum Gasteiger partial charge on any atom is -0.383 e. The summed E-state index contributed by atoms with van der Waals surface area (Å²) in [6.45, 7) is 8.17. The van der Waals surface area contributed by atoms with E-state index in [4.69, 9.17) is 15.7 Å². The van der Waals surface area contributed by atoms with Gasteiger partial charge in [-0.25, -0.2) is 18.7 Å². The van der Waals surface area contributed by atoms with E-state index in [1.54, 1.807) is 41.0 Å². The van der Waals surface area contributed by atoms with Crippen molar-refractivity contribution in [3.63, 3.8) is 0 Å². The summed E-state index contributed by atoms with van der Waals surface area (Å²) in [5.41, 5.74) is 9.54. The minimum atomic E-state index is -0.424. The fraction of sp³-hybridized carbons (Fsp3) is 0.276. The molecule has 1 unspecified atom stereocenters. The van der Waals surface area contributed by atoms with Crippen LogP contribution in [0.3, 0.4) is 0 Å². The molecular formula is C29H30F2N4O. The van der Waals surface area contributed by atoms with Crippen LogP contribution in [0.2, 0.25) is 0 Å². The lowest BCUT2D eigenvalue weighted by Gasteiger charge is -2.32. The lowest BCUT2D eigenvalue weighted by molar-refractivity contribution is 0.0893. The molecule has 0 saturated carbocycles. The minimum absolute atomic E-state index is 0.0816. The molecule has 4 aromatic rings. The van der Waals surface area contributed by atoms with E-state index in [-0.39, 0.29) is 17.0 Å². The Morgan fingerprint density at radius 3 is 2.33 bits per heavy atom. The van der Waals surface area contributed by atoms with Gasteiger partial charge in [0.15, 0.2) is 11.6 Å². The van der Waals surface area contributed by atoms with E-state index < -0.39 is 11.6 Å². The summed E-state index contributed by atoms with van der Waals surface area (Å²) in [4.78, 5) is 22.3. The highest BCUT2D eigenvalue weighted by Gasteiger charge is 2.34. The molecule has 5 nitrogen and oxygen atoms in total. The SMILES string of the molecule is CC.CCC1(C)CC(=O)c2ccc(-c3nc(-c4cccc(F)c4)c(N)n3-c3cccc(F)c3)nc2C1. The van der Waals surface area contributed by atoms with Crippen molar-refractivity contribution in [1.82, 2.24) is 14.5 Å². The topological polar surface area (TPSA) is 73.8 Å². The summed E-state index contributed by atoms with van der Waals surface area (Å²) in [5.74, 6) is -0.130. The monoisotopic (exact) mass is 488 g/mol. The highest BCUT2D eigenvalue weighted by atomic mass is 19.1. The molecule has 2 aromatic heterocycles. The highest BCUT2D eigenvalue weighted by molar-refractivity contribution is 5.99. The molecule has 0 amide bonds. The van der Waals surface area contributed by atoms with Crippen molar-refractivity contribution in [2.24, 2.45) is 5.41 Å². The van der Waals surface area contributed by atoms with E-state index in [0.29, 0.717) is 46.9 Å². The standard InChI is InChI=1S/C27H24F2N4O.C2H6/c1-3-27(2)14-22-20(23(34)15-27)10-11-21(31-22)26-32-24(16-6-4-7-17(28)12-16)25(30)33(26)19-9-5-8-18(29)13-19;1-2/h4-13H,3,14-15,30H2,1-2H3;1-2H3. The van der Waals surface area contributed by atoms with Crippen molar-refractivity contribution in [1.29, 1.82) is 0 Å². The zero-order valence-electron chi connectivity index (χ0n) is 21.0. The van der Waals surface area contributed by atoms with Crippen LogP contribution < -0.4 is 5.73 Å². The van der Waals surface area contributed by atoms with Gasteiger partial charge in [0, 0.05) is 17.5 Å². The predicted octanol–water partition coefficient (Wildman–Crippen LogP) is 7.03. The molecule has 2 aromatic carbocycles. The number of hydrogen-bond donors (Lipinski definition) is 1.